The van der Waals surface area contributed by atoms with Crippen LogP contribution in [0.25, 0.3) is 10.9 Å². The molecule has 0 spiro atoms. The van der Waals surface area contributed by atoms with Crippen molar-refractivity contribution in [3.8, 4) is 0 Å². The Morgan fingerprint density at radius 3 is 2.94 bits per heavy atom. The third kappa shape index (κ3) is 1.69. The smallest absolute Gasteiger partial charge is 0.256 e. The molecule has 1 fully saturated rings. The van der Waals surface area contributed by atoms with Gasteiger partial charge in [0.2, 0.25) is 0 Å². The van der Waals surface area contributed by atoms with Crippen LogP contribution in [0.3, 0.4) is 0 Å². The van der Waals surface area contributed by atoms with E-state index in [-0.39, 0.29) is 12.0 Å². The van der Waals surface area contributed by atoms with Gasteiger partial charge >= 0.3 is 0 Å². The maximum atomic E-state index is 12.5. The largest absolute Gasteiger partial charge is 0.391 e. The van der Waals surface area contributed by atoms with E-state index in [1.807, 2.05) is 31.2 Å². The highest BCUT2D eigenvalue weighted by Gasteiger charge is 2.28. The fourth-order valence-electron chi connectivity index (χ4n) is 2.64. The molecule has 0 unspecified atom stereocenters. The molecule has 4 heteroatoms. The summed E-state index contributed by atoms with van der Waals surface area (Å²) in [4.78, 5) is 17.4. The van der Waals surface area contributed by atoms with Crippen LogP contribution in [0.4, 0.5) is 0 Å². The number of nitrogens with zero attached hydrogens (tertiary/aromatic N) is 1. The molecule has 1 atom stereocenters. The van der Waals surface area contributed by atoms with Crippen molar-refractivity contribution >= 4 is 16.8 Å². The van der Waals surface area contributed by atoms with Crippen LogP contribution in [0, 0.1) is 6.92 Å². The molecule has 2 aromatic rings. The first-order valence-corrected chi connectivity index (χ1v) is 6.21. The lowest BCUT2D eigenvalue weighted by molar-refractivity contribution is 0.0766. The number of hydrogen-bond donors (Lipinski definition) is 2. The summed E-state index contributed by atoms with van der Waals surface area (Å²) in [6.45, 7) is 3.00. The van der Waals surface area contributed by atoms with Gasteiger partial charge in [0, 0.05) is 29.7 Å². The number of β-amino-alcohol motifs (C(OH)–C–C–N with tert-alkyl or cyclic N) is 1. The molecule has 1 aliphatic heterocycles. The first-order valence-electron chi connectivity index (χ1n) is 6.21. The molecule has 1 aliphatic rings. The lowest BCUT2D eigenvalue weighted by Gasteiger charge is -2.15. The second-order valence-corrected chi connectivity index (χ2v) is 4.86. The lowest BCUT2D eigenvalue weighted by Crippen LogP contribution is -2.29. The molecular formula is C14H16N2O2. The summed E-state index contributed by atoms with van der Waals surface area (Å²) in [7, 11) is 0. The number of fused-ring (bicyclic) bond motifs is 1. The quantitative estimate of drug-likeness (QED) is 0.802. The van der Waals surface area contributed by atoms with Gasteiger partial charge in [-0.1, -0.05) is 18.2 Å². The molecule has 2 N–H and O–H groups in total. The van der Waals surface area contributed by atoms with E-state index in [4.69, 9.17) is 0 Å². The van der Waals surface area contributed by atoms with E-state index >= 15 is 0 Å². The Balaban J connectivity index is 2.03. The fraction of sp³-hybridized carbons (Fsp3) is 0.357. The summed E-state index contributed by atoms with van der Waals surface area (Å²) in [5, 5.41) is 10.5. The number of carbonyl (C=O) groups is 1. The number of amides is 1. The number of aromatic nitrogens is 1. The third-order valence-corrected chi connectivity index (χ3v) is 3.56. The van der Waals surface area contributed by atoms with Crippen LogP contribution < -0.4 is 0 Å². The van der Waals surface area contributed by atoms with Crippen molar-refractivity contribution < 1.29 is 9.90 Å². The topological polar surface area (TPSA) is 56.3 Å². The maximum absolute atomic E-state index is 12.5. The lowest BCUT2D eigenvalue weighted by atomic mass is 10.1. The number of likely N-dealkylation sites (tertiary alicyclic amines) is 1. The second kappa shape index (κ2) is 4.14. The Morgan fingerprint density at radius 2 is 2.22 bits per heavy atom. The molecule has 0 saturated carbocycles. The minimum atomic E-state index is -0.375. The van der Waals surface area contributed by atoms with Crippen molar-refractivity contribution in [1.29, 1.82) is 0 Å². The summed E-state index contributed by atoms with van der Waals surface area (Å²) < 4.78 is 0. The third-order valence-electron chi connectivity index (χ3n) is 3.56. The maximum Gasteiger partial charge on any atom is 0.256 e. The average molecular weight is 244 g/mol. The predicted octanol–water partition coefficient (Wildman–Crippen LogP) is 1.68. The van der Waals surface area contributed by atoms with Gasteiger partial charge in [-0.2, -0.15) is 0 Å². The molecule has 3 rings (SSSR count). The zero-order chi connectivity index (χ0) is 12.7. The summed E-state index contributed by atoms with van der Waals surface area (Å²) >= 11 is 0. The molecule has 1 aromatic carbocycles. The number of aliphatic hydroxyl groups is 1. The van der Waals surface area contributed by atoms with E-state index in [9.17, 15) is 9.90 Å². The number of para-hydroxylation sites is 1. The number of carbonyl (C=O) groups excluding carboxylic acids is 1. The summed E-state index contributed by atoms with van der Waals surface area (Å²) in [5.74, 6) is 0.0153. The number of hydrogen-bond acceptors (Lipinski definition) is 2. The Bertz CT molecular complexity index is 603. The minimum absolute atomic E-state index is 0.0153. The van der Waals surface area contributed by atoms with Crippen molar-refractivity contribution in [1.82, 2.24) is 9.88 Å². The van der Waals surface area contributed by atoms with Crippen LogP contribution in [0.2, 0.25) is 0 Å². The fourth-order valence-corrected chi connectivity index (χ4v) is 2.64. The van der Waals surface area contributed by atoms with Gasteiger partial charge in [-0.25, -0.2) is 0 Å². The first-order chi connectivity index (χ1) is 8.66. The van der Waals surface area contributed by atoms with Crippen molar-refractivity contribution in [3.63, 3.8) is 0 Å². The van der Waals surface area contributed by atoms with E-state index in [0.717, 1.165) is 22.2 Å². The van der Waals surface area contributed by atoms with E-state index in [1.54, 1.807) is 4.90 Å². The number of nitrogens with one attached hydrogen (secondary N) is 1. The number of H-pyrrole nitrogens is 1. The number of rotatable bonds is 1. The highest BCUT2D eigenvalue weighted by molar-refractivity contribution is 6.08. The molecule has 18 heavy (non-hydrogen) atoms. The number of aromatic amines is 1. The van der Waals surface area contributed by atoms with Crippen molar-refractivity contribution in [2.24, 2.45) is 0 Å². The van der Waals surface area contributed by atoms with E-state index in [1.165, 1.54) is 0 Å². The Morgan fingerprint density at radius 1 is 1.44 bits per heavy atom. The SMILES string of the molecule is Cc1[nH]c2ccccc2c1C(=O)N1CC[C@H](O)C1. The molecule has 0 radical (unpaired) electrons. The van der Waals surface area contributed by atoms with Gasteiger partial charge in [-0.05, 0) is 19.4 Å². The summed E-state index contributed by atoms with van der Waals surface area (Å²) in [6.07, 6.45) is 0.298. The van der Waals surface area contributed by atoms with Gasteiger partial charge in [0.1, 0.15) is 0 Å². The molecule has 1 aromatic heterocycles. The zero-order valence-electron chi connectivity index (χ0n) is 10.3. The van der Waals surface area contributed by atoms with Crippen LogP contribution in [0.5, 0.6) is 0 Å². The van der Waals surface area contributed by atoms with Crippen molar-refractivity contribution in [2.75, 3.05) is 13.1 Å². The minimum Gasteiger partial charge on any atom is -0.391 e. The highest BCUT2D eigenvalue weighted by Crippen LogP contribution is 2.24. The average Bonchev–Trinajstić information content (AvgIpc) is 2.91. The monoisotopic (exact) mass is 244 g/mol. The number of aryl methyl sites for hydroxylation is 1. The standard InChI is InChI=1S/C14H16N2O2/c1-9-13(11-4-2-3-5-12(11)15-9)14(18)16-7-6-10(17)8-16/h2-5,10,15,17H,6-8H2,1H3/t10-/m0/s1. The molecular weight excluding hydrogens is 228 g/mol. The Kier molecular flexibility index (Phi) is 2.59. The zero-order valence-corrected chi connectivity index (χ0v) is 10.3. The predicted molar refractivity (Wildman–Crippen MR) is 69.6 cm³/mol. The van der Waals surface area contributed by atoms with Gasteiger partial charge in [-0.15, -0.1) is 0 Å². The Labute approximate surface area is 105 Å². The highest BCUT2D eigenvalue weighted by atomic mass is 16.3. The van der Waals surface area contributed by atoms with Crippen LogP contribution in [-0.2, 0) is 0 Å². The summed E-state index contributed by atoms with van der Waals surface area (Å²) in [5.41, 5.74) is 2.61. The van der Waals surface area contributed by atoms with Crippen LogP contribution >= 0.6 is 0 Å². The molecule has 4 nitrogen and oxygen atoms in total. The van der Waals surface area contributed by atoms with Gasteiger partial charge in [0.05, 0.1) is 11.7 Å². The number of benzene rings is 1. The van der Waals surface area contributed by atoms with Gasteiger partial charge in [0.25, 0.3) is 5.91 Å². The molecule has 0 aliphatic carbocycles. The molecule has 1 amide bonds. The van der Waals surface area contributed by atoms with Crippen LogP contribution in [0.1, 0.15) is 22.5 Å². The van der Waals surface area contributed by atoms with Crippen LogP contribution in [0.15, 0.2) is 24.3 Å². The van der Waals surface area contributed by atoms with Crippen molar-refractivity contribution in [2.45, 2.75) is 19.4 Å². The normalized spacial score (nSPS) is 19.7. The van der Waals surface area contributed by atoms with Crippen LogP contribution in [-0.4, -0.2) is 40.1 Å². The van der Waals surface area contributed by atoms with E-state index in [0.29, 0.717) is 19.5 Å². The molecule has 0 bridgehead atoms. The van der Waals surface area contributed by atoms with Gasteiger partial charge in [-0.3, -0.25) is 4.79 Å². The number of aliphatic hydroxyl groups excluding tert-OH is 1. The van der Waals surface area contributed by atoms with Gasteiger partial charge < -0.3 is 15.0 Å². The Hall–Kier alpha value is -1.81. The molecule has 2 heterocycles. The first kappa shape index (κ1) is 11.3. The second-order valence-electron chi connectivity index (χ2n) is 4.86. The van der Waals surface area contributed by atoms with E-state index < -0.39 is 0 Å². The molecule has 94 valence electrons. The van der Waals surface area contributed by atoms with E-state index in [2.05, 4.69) is 4.98 Å². The van der Waals surface area contributed by atoms with Gasteiger partial charge in [0.15, 0.2) is 0 Å². The molecule has 1 saturated heterocycles. The van der Waals surface area contributed by atoms with Crippen molar-refractivity contribution in [3.05, 3.63) is 35.5 Å². The summed E-state index contributed by atoms with van der Waals surface area (Å²) in [6, 6.07) is 7.81.